The summed E-state index contributed by atoms with van der Waals surface area (Å²) >= 11 is 0. The Morgan fingerprint density at radius 2 is 2.09 bits per heavy atom. The molecule has 4 aliphatic rings. The number of rotatable bonds is 0. The molecule has 0 spiro atoms. The predicted octanol–water partition coefficient (Wildman–Crippen LogP) is 5.11. The van der Waals surface area contributed by atoms with Crippen molar-refractivity contribution in [3.8, 4) is 0 Å². The molecule has 118 valence electrons. The summed E-state index contributed by atoms with van der Waals surface area (Å²) < 4.78 is 0. The molecule has 2 heteroatoms. The van der Waals surface area contributed by atoms with Crippen molar-refractivity contribution in [1.82, 2.24) is 0 Å². The first-order chi connectivity index (χ1) is 10.5. The average molecular weight is 297 g/mol. The summed E-state index contributed by atoms with van der Waals surface area (Å²) in [5, 5.41) is 12.6. The van der Waals surface area contributed by atoms with Crippen molar-refractivity contribution in [1.29, 1.82) is 0 Å². The summed E-state index contributed by atoms with van der Waals surface area (Å²) in [4.78, 5) is 0. The summed E-state index contributed by atoms with van der Waals surface area (Å²) in [7, 11) is 0. The van der Waals surface area contributed by atoms with Crippen molar-refractivity contribution in [3.63, 3.8) is 0 Å². The topological polar surface area (TPSA) is 32.6 Å². The second-order valence-corrected chi connectivity index (χ2v) is 8.43. The van der Waals surface area contributed by atoms with Gasteiger partial charge in [-0.15, -0.1) is 0 Å². The number of fused-ring (bicyclic) bond motifs is 5. The molecule has 0 aliphatic heterocycles. The molecule has 0 aromatic carbocycles. The van der Waals surface area contributed by atoms with Crippen molar-refractivity contribution >= 4 is 5.71 Å². The van der Waals surface area contributed by atoms with Crippen LogP contribution >= 0.6 is 0 Å². The van der Waals surface area contributed by atoms with E-state index in [1.807, 2.05) is 0 Å². The zero-order valence-corrected chi connectivity index (χ0v) is 13.8. The quantitative estimate of drug-likeness (QED) is 0.376. The fourth-order valence-electron chi connectivity index (χ4n) is 6.14. The minimum atomic E-state index is 0.234. The maximum atomic E-state index is 9.15. The molecule has 0 saturated heterocycles. The molecule has 0 amide bonds. The van der Waals surface area contributed by atoms with Gasteiger partial charge in [-0.1, -0.05) is 43.3 Å². The van der Waals surface area contributed by atoms with Crippen LogP contribution in [0.25, 0.3) is 0 Å². The third-order valence-electron chi connectivity index (χ3n) is 7.40. The Bertz CT molecular complexity index is 613. The SMILES string of the molecule is C=C1C[C@H]2[C@@H]3CC=C[C@@]3(C)CC[C@@H]2[C@@]2(C)CCC(=NO)C=C12. The summed E-state index contributed by atoms with van der Waals surface area (Å²) in [5.74, 6) is 2.34. The normalized spacial score (nSPS) is 48.6. The van der Waals surface area contributed by atoms with E-state index in [2.05, 4.69) is 43.8 Å². The number of allylic oxidation sites excluding steroid dienone is 5. The van der Waals surface area contributed by atoms with E-state index in [1.165, 1.54) is 30.4 Å². The van der Waals surface area contributed by atoms with Crippen LogP contribution in [-0.2, 0) is 0 Å². The van der Waals surface area contributed by atoms with Gasteiger partial charge < -0.3 is 5.21 Å². The second kappa shape index (κ2) is 4.59. The molecule has 5 atom stereocenters. The minimum Gasteiger partial charge on any atom is -0.411 e. The third kappa shape index (κ3) is 1.76. The molecule has 2 fully saturated rings. The van der Waals surface area contributed by atoms with E-state index in [0.29, 0.717) is 5.41 Å². The largest absolute Gasteiger partial charge is 0.411 e. The first kappa shape index (κ1) is 14.3. The van der Waals surface area contributed by atoms with Gasteiger partial charge in [0, 0.05) is 0 Å². The molecule has 0 aromatic heterocycles. The van der Waals surface area contributed by atoms with Gasteiger partial charge in [0.2, 0.25) is 0 Å². The summed E-state index contributed by atoms with van der Waals surface area (Å²) in [6.45, 7) is 9.32. The Hall–Kier alpha value is -1.31. The van der Waals surface area contributed by atoms with Crippen LogP contribution in [0, 0.1) is 28.6 Å². The van der Waals surface area contributed by atoms with Crippen LogP contribution in [0.2, 0.25) is 0 Å². The Balaban J connectivity index is 1.75. The van der Waals surface area contributed by atoms with Crippen LogP contribution in [0.1, 0.15) is 52.4 Å². The zero-order chi connectivity index (χ0) is 15.5. The number of hydrogen-bond donors (Lipinski definition) is 1. The molecule has 22 heavy (non-hydrogen) atoms. The average Bonchev–Trinajstić information content (AvgIpc) is 2.89. The zero-order valence-electron chi connectivity index (χ0n) is 13.8. The third-order valence-corrected chi connectivity index (χ3v) is 7.40. The smallest absolute Gasteiger partial charge is 0.0799 e. The van der Waals surface area contributed by atoms with Gasteiger partial charge in [0.1, 0.15) is 0 Å². The fraction of sp³-hybridized carbons (Fsp3) is 0.650. The Labute approximate surface area is 133 Å². The number of nitrogens with zero attached hydrogens (tertiary/aromatic N) is 1. The summed E-state index contributed by atoms with van der Waals surface area (Å²) in [5.41, 5.74) is 4.15. The highest BCUT2D eigenvalue weighted by Gasteiger charge is 2.55. The molecule has 0 heterocycles. The van der Waals surface area contributed by atoms with Gasteiger partial charge in [0.05, 0.1) is 5.71 Å². The molecule has 4 rings (SSSR count). The molecule has 0 aromatic rings. The van der Waals surface area contributed by atoms with Gasteiger partial charge in [0.15, 0.2) is 0 Å². The van der Waals surface area contributed by atoms with E-state index in [1.54, 1.807) is 0 Å². The highest BCUT2D eigenvalue weighted by atomic mass is 16.4. The highest BCUT2D eigenvalue weighted by molar-refractivity contribution is 5.97. The van der Waals surface area contributed by atoms with Gasteiger partial charge in [0.25, 0.3) is 0 Å². The highest BCUT2D eigenvalue weighted by Crippen LogP contribution is 2.64. The van der Waals surface area contributed by atoms with Crippen LogP contribution in [0.15, 0.2) is 41.1 Å². The summed E-state index contributed by atoms with van der Waals surface area (Å²) in [6.07, 6.45) is 14.1. The van der Waals surface area contributed by atoms with Crippen molar-refractivity contribution in [2.75, 3.05) is 0 Å². The van der Waals surface area contributed by atoms with E-state index < -0.39 is 0 Å². The Morgan fingerprint density at radius 1 is 1.27 bits per heavy atom. The van der Waals surface area contributed by atoms with Gasteiger partial charge in [-0.2, -0.15) is 0 Å². The van der Waals surface area contributed by atoms with Crippen molar-refractivity contribution in [3.05, 3.63) is 36.0 Å². The lowest BCUT2D eigenvalue weighted by molar-refractivity contribution is -0.00983. The lowest BCUT2D eigenvalue weighted by Crippen LogP contribution is -2.49. The number of oxime groups is 1. The molecule has 4 aliphatic carbocycles. The van der Waals surface area contributed by atoms with Crippen molar-refractivity contribution < 1.29 is 5.21 Å². The molecule has 2 saturated carbocycles. The minimum absolute atomic E-state index is 0.234. The monoisotopic (exact) mass is 297 g/mol. The van der Waals surface area contributed by atoms with E-state index >= 15 is 0 Å². The van der Waals surface area contributed by atoms with Crippen molar-refractivity contribution in [2.24, 2.45) is 33.7 Å². The Morgan fingerprint density at radius 3 is 2.86 bits per heavy atom. The lowest BCUT2D eigenvalue weighted by Gasteiger charge is -2.57. The van der Waals surface area contributed by atoms with Crippen LogP contribution in [0.5, 0.6) is 0 Å². The first-order valence-electron chi connectivity index (χ1n) is 8.77. The molecule has 0 unspecified atom stereocenters. The van der Waals surface area contributed by atoms with E-state index in [-0.39, 0.29) is 5.41 Å². The maximum absolute atomic E-state index is 9.15. The summed E-state index contributed by atoms with van der Waals surface area (Å²) in [6, 6.07) is 0. The van der Waals surface area contributed by atoms with Gasteiger partial charge in [-0.3, -0.25) is 0 Å². The molecule has 0 bridgehead atoms. The molecule has 0 radical (unpaired) electrons. The van der Waals surface area contributed by atoms with Gasteiger partial charge in [-0.05, 0) is 78.8 Å². The van der Waals surface area contributed by atoms with Crippen LogP contribution in [0.3, 0.4) is 0 Å². The van der Waals surface area contributed by atoms with Gasteiger partial charge >= 0.3 is 0 Å². The van der Waals surface area contributed by atoms with Crippen LogP contribution in [0.4, 0.5) is 0 Å². The van der Waals surface area contributed by atoms with Crippen LogP contribution in [-0.4, -0.2) is 10.9 Å². The Kier molecular flexibility index (Phi) is 2.99. The van der Waals surface area contributed by atoms with E-state index in [0.717, 1.165) is 42.7 Å². The van der Waals surface area contributed by atoms with Crippen LogP contribution < -0.4 is 0 Å². The number of hydrogen-bond acceptors (Lipinski definition) is 2. The lowest BCUT2D eigenvalue weighted by atomic mass is 9.47. The van der Waals surface area contributed by atoms with E-state index in [9.17, 15) is 0 Å². The van der Waals surface area contributed by atoms with E-state index in [4.69, 9.17) is 5.21 Å². The molecular formula is C20H27NO. The van der Waals surface area contributed by atoms with Gasteiger partial charge in [-0.25, -0.2) is 0 Å². The predicted molar refractivity (Wildman–Crippen MR) is 90.0 cm³/mol. The second-order valence-electron chi connectivity index (χ2n) is 8.43. The fourth-order valence-corrected chi connectivity index (χ4v) is 6.14. The first-order valence-corrected chi connectivity index (χ1v) is 8.77. The molecule has 1 N–H and O–H groups in total. The standard InChI is InChI=1S/C20H27NO/c1-13-11-15-16-5-4-8-19(16,2)9-7-17(15)20(3)10-6-14(21-22)12-18(13)20/h4,8,12,15-17,22H,1,5-7,9-11H2,2-3H3/t15-,16-,17-,19-,20+/m0/s1. The molecule has 2 nitrogen and oxygen atoms in total. The maximum Gasteiger partial charge on any atom is 0.0799 e. The molecular weight excluding hydrogens is 270 g/mol. The van der Waals surface area contributed by atoms with Crippen molar-refractivity contribution in [2.45, 2.75) is 52.4 Å².